The number of amides is 3. The number of aromatic nitrogens is 2. The average Bonchev–Trinajstić information content (AvgIpc) is 3.58. The predicted molar refractivity (Wildman–Crippen MR) is 207 cm³/mol. The van der Waals surface area contributed by atoms with E-state index in [0.717, 1.165) is 60.1 Å². The van der Waals surface area contributed by atoms with Gasteiger partial charge in [-0.1, -0.05) is 42.5 Å². The molecule has 9 nitrogen and oxygen atoms in total. The van der Waals surface area contributed by atoms with Crippen molar-refractivity contribution in [1.82, 2.24) is 14.9 Å². The molecule has 9 heteroatoms. The van der Waals surface area contributed by atoms with E-state index in [9.17, 15) is 14.4 Å². The maximum absolute atomic E-state index is 13.8. The Morgan fingerprint density at radius 3 is 2.50 bits per heavy atom. The summed E-state index contributed by atoms with van der Waals surface area (Å²) in [6.45, 7) is 6.33. The van der Waals surface area contributed by atoms with Crippen LogP contribution in [0.1, 0.15) is 80.5 Å². The van der Waals surface area contributed by atoms with E-state index >= 15 is 0 Å². The Labute approximate surface area is 303 Å². The third-order valence-corrected chi connectivity index (χ3v) is 9.97. The zero-order chi connectivity index (χ0) is 36.2. The van der Waals surface area contributed by atoms with Crippen LogP contribution in [0.2, 0.25) is 0 Å². The van der Waals surface area contributed by atoms with Gasteiger partial charge in [-0.05, 0) is 110 Å². The Balaban J connectivity index is 1.16. The normalized spacial score (nSPS) is 13.7. The number of benzene rings is 4. The second-order valence-electron chi connectivity index (χ2n) is 13.1. The van der Waals surface area contributed by atoms with Crippen LogP contribution >= 0.6 is 0 Å². The van der Waals surface area contributed by atoms with Crippen molar-refractivity contribution in [1.29, 1.82) is 0 Å². The van der Waals surface area contributed by atoms with E-state index in [1.807, 2.05) is 77.5 Å². The molecule has 2 heterocycles. The van der Waals surface area contributed by atoms with Crippen LogP contribution in [0, 0.1) is 0 Å². The van der Waals surface area contributed by atoms with E-state index in [0.29, 0.717) is 34.6 Å². The van der Waals surface area contributed by atoms with E-state index in [-0.39, 0.29) is 17.9 Å². The number of hydrogen-bond acceptors (Lipinski definition) is 5. The molecule has 0 spiro atoms. The second-order valence-corrected chi connectivity index (χ2v) is 13.1. The van der Waals surface area contributed by atoms with Gasteiger partial charge in [-0.3, -0.25) is 19.4 Å². The Morgan fingerprint density at radius 2 is 1.67 bits per heavy atom. The number of carbonyl (C=O) groups excluding carboxylic acids is 3. The van der Waals surface area contributed by atoms with Gasteiger partial charge in [0.15, 0.2) is 0 Å². The highest BCUT2D eigenvalue weighted by molar-refractivity contribution is 6.07. The molecule has 6 aromatic rings. The molecular weight excluding hydrogens is 649 g/mol. The number of aryl methyl sites for hydroxylation is 1. The molecule has 0 bridgehead atoms. The zero-order valence-electron chi connectivity index (χ0n) is 29.4. The van der Waals surface area contributed by atoms with Crippen molar-refractivity contribution >= 4 is 40.0 Å². The highest BCUT2D eigenvalue weighted by Crippen LogP contribution is 2.33. The minimum absolute atomic E-state index is 0.0467. The molecule has 3 amide bonds. The Bertz CT molecular complexity index is 2290. The summed E-state index contributed by atoms with van der Waals surface area (Å²) in [5, 5.41) is 7.18. The molecule has 262 valence electrons. The summed E-state index contributed by atoms with van der Waals surface area (Å²) < 4.78 is 2.03. The SMILES string of the molecule is CCN(CC)c1ccc(NC(=O)c2cccc(Cn3ccc4c(C(N)=O)cccc43)c2)c(-c2cc(C(=O)N[C@H]3CCCc4ccccc43)ccn2)c1. The van der Waals surface area contributed by atoms with Gasteiger partial charge in [-0.15, -0.1) is 0 Å². The lowest BCUT2D eigenvalue weighted by atomic mass is 9.87. The van der Waals surface area contributed by atoms with Crippen molar-refractivity contribution in [3.8, 4) is 11.3 Å². The molecule has 0 unspecified atom stereocenters. The van der Waals surface area contributed by atoms with Crippen molar-refractivity contribution in [3.63, 3.8) is 0 Å². The molecule has 52 heavy (non-hydrogen) atoms. The molecular formula is C43H42N6O3. The lowest BCUT2D eigenvalue weighted by molar-refractivity contribution is 0.0931. The van der Waals surface area contributed by atoms with Crippen molar-refractivity contribution in [3.05, 3.63) is 149 Å². The van der Waals surface area contributed by atoms with Gasteiger partial charge in [0.1, 0.15) is 0 Å². The molecule has 2 aromatic heterocycles. The Hall–Kier alpha value is -6.22. The molecule has 1 aliphatic rings. The molecule has 0 aliphatic heterocycles. The lowest BCUT2D eigenvalue weighted by Gasteiger charge is -2.26. The van der Waals surface area contributed by atoms with Crippen LogP contribution in [-0.2, 0) is 13.0 Å². The van der Waals surface area contributed by atoms with Gasteiger partial charge in [0.2, 0.25) is 5.91 Å². The van der Waals surface area contributed by atoms with Crippen molar-refractivity contribution in [2.75, 3.05) is 23.3 Å². The van der Waals surface area contributed by atoms with Crippen LogP contribution in [0.5, 0.6) is 0 Å². The number of rotatable bonds is 11. The van der Waals surface area contributed by atoms with Gasteiger partial charge in [0, 0.05) is 70.9 Å². The van der Waals surface area contributed by atoms with Gasteiger partial charge in [0.25, 0.3) is 11.8 Å². The van der Waals surface area contributed by atoms with Crippen LogP contribution in [0.4, 0.5) is 11.4 Å². The van der Waals surface area contributed by atoms with E-state index < -0.39 is 5.91 Å². The quantitative estimate of drug-likeness (QED) is 0.128. The van der Waals surface area contributed by atoms with E-state index in [1.54, 1.807) is 30.5 Å². The van der Waals surface area contributed by atoms with Crippen LogP contribution in [0.15, 0.2) is 116 Å². The minimum Gasteiger partial charge on any atom is -0.372 e. The molecule has 4 aromatic carbocycles. The van der Waals surface area contributed by atoms with Gasteiger partial charge < -0.3 is 25.8 Å². The summed E-state index contributed by atoms with van der Waals surface area (Å²) in [4.78, 5) is 46.4. The predicted octanol–water partition coefficient (Wildman–Crippen LogP) is 7.76. The van der Waals surface area contributed by atoms with E-state index in [2.05, 4.69) is 46.5 Å². The number of nitrogens with zero attached hydrogens (tertiary/aromatic N) is 3. The third kappa shape index (κ3) is 7.03. The van der Waals surface area contributed by atoms with Gasteiger partial charge in [-0.25, -0.2) is 0 Å². The number of pyridine rings is 1. The van der Waals surface area contributed by atoms with Crippen molar-refractivity contribution in [2.24, 2.45) is 5.73 Å². The molecule has 1 atom stereocenters. The smallest absolute Gasteiger partial charge is 0.255 e. The lowest BCUT2D eigenvalue weighted by Crippen LogP contribution is -2.31. The minimum atomic E-state index is -0.470. The fourth-order valence-corrected chi connectivity index (χ4v) is 7.28. The number of primary amides is 1. The number of nitrogens with one attached hydrogen (secondary N) is 2. The maximum atomic E-state index is 13.8. The summed E-state index contributed by atoms with van der Waals surface area (Å²) in [5.41, 5.74) is 14.2. The summed E-state index contributed by atoms with van der Waals surface area (Å²) >= 11 is 0. The van der Waals surface area contributed by atoms with Crippen LogP contribution in [0.25, 0.3) is 22.2 Å². The van der Waals surface area contributed by atoms with Crippen molar-refractivity contribution < 1.29 is 14.4 Å². The summed E-state index contributed by atoms with van der Waals surface area (Å²) in [6.07, 6.45) is 6.50. The number of hydrogen-bond donors (Lipinski definition) is 3. The highest BCUT2D eigenvalue weighted by Gasteiger charge is 2.23. The molecule has 0 saturated heterocycles. The summed E-state index contributed by atoms with van der Waals surface area (Å²) in [6, 6.07) is 32.6. The highest BCUT2D eigenvalue weighted by atomic mass is 16.2. The number of carbonyl (C=O) groups is 3. The van der Waals surface area contributed by atoms with Crippen molar-refractivity contribution in [2.45, 2.75) is 45.7 Å². The number of anilines is 2. The third-order valence-electron chi connectivity index (χ3n) is 9.97. The monoisotopic (exact) mass is 690 g/mol. The first-order chi connectivity index (χ1) is 25.3. The Morgan fingerprint density at radius 1 is 0.865 bits per heavy atom. The first-order valence-corrected chi connectivity index (χ1v) is 17.8. The van der Waals surface area contributed by atoms with E-state index in [4.69, 9.17) is 5.73 Å². The Kier molecular flexibility index (Phi) is 9.84. The molecule has 4 N–H and O–H groups in total. The summed E-state index contributed by atoms with van der Waals surface area (Å²) in [7, 11) is 0. The van der Waals surface area contributed by atoms with Crippen LogP contribution in [0.3, 0.4) is 0 Å². The van der Waals surface area contributed by atoms with Gasteiger partial charge >= 0.3 is 0 Å². The van der Waals surface area contributed by atoms with Crippen LogP contribution in [-0.4, -0.2) is 40.4 Å². The molecule has 0 fully saturated rings. The number of fused-ring (bicyclic) bond motifs is 2. The molecule has 0 radical (unpaired) electrons. The fourth-order valence-electron chi connectivity index (χ4n) is 7.28. The first-order valence-electron chi connectivity index (χ1n) is 17.8. The standard InChI is InChI=1S/C43H42N6O3/c1-3-48(4-2)32-18-19-38(36(26-32)39-25-31(20-22-45-39)43(52)46-37-16-8-12-29-11-5-6-14-33(29)37)47-42(51)30-13-7-10-28(24-30)27-49-23-21-34-35(41(44)50)15-9-17-40(34)49/h5-7,9-11,13-15,17-26,37H,3-4,8,12,16,27H2,1-2H3,(H2,44,50)(H,46,52)(H,47,51)/t37-/m0/s1. The van der Waals surface area contributed by atoms with Gasteiger partial charge in [0.05, 0.1) is 17.4 Å². The fraction of sp³-hybridized carbons (Fsp3) is 0.209. The first kappa shape index (κ1) is 34.2. The summed E-state index contributed by atoms with van der Waals surface area (Å²) in [5.74, 6) is -0.895. The van der Waals surface area contributed by atoms with Gasteiger partial charge in [-0.2, -0.15) is 0 Å². The topological polar surface area (TPSA) is 122 Å². The maximum Gasteiger partial charge on any atom is 0.255 e. The molecule has 7 rings (SSSR count). The number of nitrogens with two attached hydrogens (primary N) is 1. The van der Waals surface area contributed by atoms with Crippen LogP contribution < -0.4 is 21.3 Å². The molecule has 0 saturated carbocycles. The largest absolute Gasteiger partial charge is 0.372 e. The van der Waals surface area contributed by atoms with E-state index in [1.165, 1.54) is 11.1 Å². The zero-order valence-corrected chi connectivity index (χ0v) is 29.4. The molecule has 1 aliphatic carbocycles. The average molecular weight is 691 g/mol. The second kappa shape index (κ2) is 14.9.